The van der Waals surface area contributed by atoms with E-state index in [2.05, 4.69) is 35.0 Å². The van der Waals surface area contributed by atoms with E-state index in [-0.39, 0.29) is 24.5 Å². The van der Waals surface area contributed by atoms with Crippen LogP contribution in [0.2, 0.25) is 0 Å². The molecule has 0 spiro atoms. The number of nitrogens with zero attached hydrogens (tertiary/aromatic N) is 2. The van der Waals surface area contributed by atoms with Gasteiger partial charge in [-0.25, -0.2) is 0 Å². The zero-order chi connectivity index (χ0) is 17.3. The number of amides is 2. The van der Waals surface area contributed by atoms with Crippen molar-refractivity contribution in [3.8, 4) is 0 Å². The highest BCUT2D eigenvalue weighted by atomic mass is 79.9. The van der Waals surface area contributed by atoms with Gasteiger partial charge in [-0.2, -0.15) is 0 Å². The predicted molar refractivity (Wildman–Crippen MR) is 96.2 cm³/mol. The average Bonchev–Trinajstić information content (AvgIpc) is 2.51. The van der Waals surface area contributed by atoms with Crippen molar-refractivity contribution in [1.29, 1.82) is 0 Å². The lowest BCUT2D eigenvalue weighted by Gasteiger charge is -2.38. The van der Waals surface area contributed by atoms with E-state index in [4.69, 9.17) is 4.74 Å². The number of carbonyl (C=O) groups is 2. The molecule has 5 nitrogen and oxygen atoms in total. The monoisotopic (exact) mass is 394 g/mol. The molecule has 0 atom stereocenters. The minimum Gasteiger partial charge on any atom is -0.365 e. The Bertz CT molecular complexity index is 639. The average molecular weight is 395 g/mol. The van der Waals surface area contributed by atoms with Crippen LogP contribution in [0.25, 0.3) is 0 Å². The second-order valence-electron chi connectivity index (χ2n) is 6.43. The van der Waals surface area contributed by atoms with E-state index in [0.717, 1.165) is 36.0 Å². The summed E-state index contributed by atoms with van der Waals surface area (Å²) in [6, 6.07) is 4.22. The summed E-state index contributed by atoms with van der Waals surface area (Å²) in [7, 11) is 0. The summed E-state index contributed by atoms with van der Waals surface area (Å²) in [4.78, 5) is 27.5. The van der Waals surface area contributed by atoms with Crippen molar-refractivity contribution in [2.45, 2.75) is 39.2 Å². The van der Waals surface area contributed by atoms with Crippen molar-refractivity contribution < 1.29 is 14.3 Å². The van der Waals surface area contributed by atoms with Crippen LogP contribution in [0, 0.1) is 0 Å². The van der Waals surface area contributed by atoms with Crippen LogP contribution in [0.1, 0.15) is 31.4 Å². The van der Waals surface area contributed by atoms with Crippen molar-refractivity contribution in [2.75, 3.05) is 31.1 Å². The van der Waals surface area contributed by atoms with E-state index in [1.54, 1.807) is 11.8 Å². The molecule has 0 aliphatic carbocycles. The van der Waals surface area contributed by atoms with Gasteiger partial charge in [-0.15, -0.1) is 0 Å². The quantitative estimate of drug-likeness (QED) is 0.788. The van der Waals surface area contributed by atoms with E-state index < -0.39 is 0 Å². The lowest BCUT2D eigenvalue weighted by molar-refractivity contribution is -0.145. The Labute approximate surface area is 151 Å². The highest BCUT2D eigenvalue weighted by Crippen LogP contribution is 2.34. The molecule has 130 valence electrons. The smallest absolute Gasteiger partial charge is 0.253 e. The number of benzene rings is 1. The van der Waals surface area contributed by atoms with Gasteiger partial charge in [0.05, 0.1) is 11.8 Å². The number of halogens is 1. The third kappa shape index (κ3) is 3.49. The van der Waals surface area contributed by atoms with Crippen molar-refractivity contribution in [3.63, 3.8) is 0 Å². The fraction of sp³-hybridized carbons (Fsp3) is 0.556. The molecule has 3 rings (SSSR count). The highest BCUT2D eigenvalue weighted by Gasteiger charge is 2.31. The molecule has 0 bridgehead atoms. The molecule has 0 saturated carbocycles. The molecular formula is C18H23BrN2O3. The number of rotatable bonds is 4. The van der Waals surface area contributed by atoms with Gasteiger partial charge in [0, 0.05) is 31.0 Å². The van der Waals surface area contributed by atoms with E-state index in [1.165, 1.54) is 11.1 Å². The number of anilines is 1. The van der Waals surface area contributed by atoms with Gasteiger partial charge in [-0.1, -0.05) is 22.9 Å². The molecule has 1 fully saturated rings. The minimum absolute atomic E-state index is 0.00856. The Morgan fingerprint density at radius 2 is 2.08 bits per heavy atom. The highest BCUT2D eigenvalue weighted by molar-refractivity contribution is 9.10. The van der Waals surface area contributed by atoms with Crippen LogP contribution in [0.3, 0.4) is 0 Å². The number of hydrogen-bond acceptors (Lipinski definition) is 3. The Morgan fingerprint density at radius 3 is 2.75 bits per heavy atom. The standard InChI is InChI=1S/C18H23BrN2O3/c1-3-13-7-15(19)8-14-5-4-6-21(18(13)14)17(23)11-24-16-9-20(10-16)12(2)22/h7-8,16H,3-6,9-11H2,1-2H3. The van der Waals surface area contributed by atoms with Crippen LogP contribution in [0.15, 0.2) is 16.6 Å². The third-order valence-electron chi connectivity index (χ3n) is 4.75. The number of likely N-dealkylation sites (tertiary alicyclic amines) is 1. The molecule has 1 saturated heterocycles. The molecule has 6 heteroatoms. The summed E-state index contributed by atoms with van der Waals surface area (Å²) >= 11 is 3.56. The first-order chi connectivity index (χ1) is 11.5. The molecule has 1 aromatic carbocycles. The summed E-state index contributed by atoms with van der Waals surface area (Å²) in [5, 5.41) is 0. The van der Waals surface area contributed by atoms with Gasteiger partial charge >= 0.3 is 0 Å². The minimum atomic E-state index is -0.0160. The van der Waals surface area contributed by atoms with Crippen molar-refractivity contribution in [3.05, 3.63) is 27.7 Å². The lowest BCUT2D eigenvalue weighted by atomic mass is 9.96. The fourth-order valence-corrected chi connectivity index (χ4v) is 3.93. The molecule has 2 aliphatic rings. The molecule has 1 aromatic rings. The summed E-state index contributed by atoms with van der Waals surface area (Å²) in [6.07, 6.45) is 2.85. The predicted octanol–water partition coefficient (Wildman–Crippen LogP) is 2.54. The maximum Gasteiger partial charge on any atom is 0.253 e. The molecule has 0 aromatic heterocycles. The summed E-state index contributed by atoms with van der Waals surface area (Å²) < 4.78 is 6.76. The summed E-state index contributed by atoms with van der Waals surface area (Å²) in [6.45, 7) is 5.67. The van der Waals surface area contributed by atoms with Gasteiger partial charge < -0.3 is 14.5 Å². The van der Waals surface area contributed by atoms with Gasteiger partial charge in [0.2, 0.25) is 5.91 Å². The van der Waals surface area contributed by atoms with Gasteiger partial charge in [0.25, 0.3) is 5.91 Å². The van der Waals surface area contributed by atoms with E-state index in [9.17, 15) is 9.59 Å². The van der Waals surface area contributed by atoms with E-state index in [1.807, 2.05) is 4.90 Å². The van der Waals surface area contributed by atoms with Crippen LogP contribution in [0.4, 0.5) is 5.69 Å². The van der Waals surface area contributed by atoms with Gasteiger partial charge in [-0.3, -0.25) is 9.59 Å². The number of hydrogen-bond donors (Lipinski definition) is 0. The Morgan fingerprint density at radius 1 is 1.33 bits per heavy atom. The zero-order valence-electron chi connectivity index (χ0n) is 14.2. The maximum absolute atomic E-state index is 12.7. The molecule has 0 radical (unpaired) electrons. The van der Waals surface area contributed by atoms with E-state index >= 15 is 0 Å². The Hall–Kier alpha value is -1.40. The van der Waals surface area contributed by atoms with Crippen molar-refractivity contribution >= 4 is 33.4 Å². The van der Waals surface area contributed by atoms with E-state index in [0.29, 0.717) is 13.1 Å². The number of carbonyl (C=O) groups excluding carboxylic acids is 2. The van der Waals surface area contributed by atoms with Gasteiger partial charge in [-0.05, 0) is 42.5 Å². The van der Waals surface area contributed by atoms with Crippen molar-refractivity contribution in [1.82, 2.24) is 4.90 Å². The normalized spacial score (nSPS) is 17.5. The van der Waals surface area contributed by atoms with Crippen LogP contribution < -0.4 is 4.90 Å². The molecule has 24 heavy (non-hydrogen) atoms. The molecule has 2 amide bonds. The van der Waals surface area contributed by atoms with Gasteiger partial charge in [0.15, 0.2) is 0 Å². The number of ether oxygens (including phenoxy) is 1. The first-order valence-corrected chi connectivity index (χ1v) is 9.27. The Balaban J connectivity index is 1.66. The molecule has 2 heterocycles. The summed E-state index contributed by atoms with van der Waals surface area (Å²) in [5.41, 5.74) is 3.49. The fourth-order valence-electron chi connectivity index (χ4n) is 3.38. The topological polar surface area (TPSA) is 49.9 Å². The van der Waals surface area contributed by atoms with Crippen LogP contribution in [0.5, 0.6) is 0 Å². The lowest BCUT2D eigenvalue weighted by Crippen LogP contribution is -2.55. The number of fused-ring (bicyclic) bond motifs is 1. The van der Waals surface area contributed by atoms with Crippen LogP contribution in [-0.2, 0) is 27.2 Å². The van der Waals surface area contributed by atoms with Crippen molar-refractivity contribution in [2.24, 2.45) is 0 Å². The summed E-state index contributed by atoms with van der Waals surface area (Å²) in [5.74, 6) is 0.0681. The second-order valence-corrected chi connectivity index (χ2v) is 7.35. The van der Waals surface area contributed by atoms with Gasteiger partial charge in [0.1, 0.15) is 6.61 Å². The second kappa shape index (κ2) is 7.23. The largest absolute Gasteiger partial charge is 0.365 e. The third-order valence-corrected chi connectivity index (χ3v) is 5.21. The number of aryl methyl sites for hydroxylation is 2. The Kier molecular flexibility index (Phi) is 5.25. The molecule has 0 unspecified atom stereocenters. The SMILES string of the molecule is CCc1cc(Br)cc2c1N(C(=O)COC1CN(C(C)=O)C1)CCC2. The molecule has 2 aliphatic heterocycles. The first kappa shape index (κ1) is 17.4. The molecular weight excluding hydrogens is 372 g/mol. The first-order valence-electron chi connectivity index (χ1n) is 8.48. The van der Waals surface area contributed by atoms with Crippen LogP contribution in [-0.4, -0.2) is 49.1 Å². The molecule has 0 N–H and O–H groups in total. The zero-order valence-corrected chi connectivity index (χ0v) is 15.8. The maximum atomic E-state index is 12.7. The van der Waals surface area contributed by atoms with Crippen LogP contribution >= 0.6 is 15.9 Å².